The summed E-state index contributed by atoms with van der Waals surface area (Å²) in [6.07, 6.45) is 8.39. The molecule has 1 fully saturated rings. The highest BCUT2D eigenvalue weighted by atomic mass is 16.2. The first kappa shape index (κ1) is 16.4. The molecule has 2 aliphatic rings. The molecule has 0 unspecified atom stereocenters. The molecular weight excluding hydrogens is 310 g/mol. The van der Waals surface area contributed by atoms with E-state index in [0.717, 1.165) is 37.4 Å². The highest BCUT2D eigenvalue weighted by molar-refractivity contribution is 5.79. The van der Waals surface area contributed by atoms with E-state index in [1.807, 2.05) is 11.8 Å². The number of piperidine rings is 1. The maximum absolute atomic E-state index is 12.8. The van der Waals surface area contributed by atoms with E-state index in [1.165, 1.54) is 36.0 Å². The summed E-state index contributed by atoms with van der Waals surface area (Å²) in [4.78, 5) is 19.6. The number of nitrogens with zero attached hydrogens (tertiary/aromatic N) is 3. The molecule has 1 aromatic carbocycles. The molecule has 4 rings (SSSR count). The Morgan fingerprint density at radius 1 is 1.24 bits per heavy atom. The van der Waals surface area contributed by atoms with Crippen LogP contribution in [0.3, 0.4) is 0 Å². The van der Waals surface area contributed by atoms with Gasteiger partial charge in [0.1, 0.15) is 5.82 Å². The van der Waals surface area contributed by atoms with Crippen molar-refractivity contribution in [1.29, 1.82) is 0 Å². The number of aromatic nitrogens is 2. The monoisotopic (exact) mass is 337 g/mol. The molecule has 2 heterocycles. The Balaban J connectivity index is 1.44. The Morgan fingerprint density at radius 2 is 2.08 bits per heavy atom. The Hall–Kier alpha value is -2.10. The van der Waals surface area contributed by atoms with Gasteiger partial charge in [0, 0.05) is 32.3 Å². The molecule has 25 heavy (non-hydrogen) atoms. The lowest BCUT2D eigenvalue weighted by Gasteiger charge is -2.32. The third kappa shape index (κ3) is 3.35. The maximum Gasteiger partial charge on any atom is 0.227 e. The summed E-state index contributed by atoms with van der Waals surface area (Å²) in [5, 5.41) is 0. The molecule has 0 bridgehead atoms. The lowest BCUT2D eigenvalue weighted by Crippen LogP contribution is -2.40. The maximum atomic E-state index is 12.8. The summed E-state index contributed by atoms with van der Waals surface area (Å²) in [5.41, 5.74) is 5.14. The van der Waals surface area contributed by atoms with Gasteiger partial charge in [-0.1, -0.05) is 18.2 Å². The molecule has 2 aromatic rings. The number of imidazole rings is 1. The number of likely N-dealkylation sites (tertiary alicyclic amines) is 1. The fourth-order valence-corrected chi connectivity index (χ4v) is 4.45. The molecule has 4 nitrogen and oxygen atoms in total. The molecule has 1 atom stereocenters. The van der Waals surface area contributed by atoms with Gasteiger partial charge in [0.05, 0.1) is 12.1 Å². The first-order chi connectivity index (χ1) is 12.1. The van der Waals surface area contributed by atoms with Crippen molar-refractivity contribution in [2.24, 2.45) is 7.05 Å². The second kappa shape index (κ2) is 6.66. The van der Waals surface area contributed by atoms with E-state index in [9.17, 15) is 4.79 Å². The smallest absolute Gasteiger partial charge is 0.227 e. The number of aryl methyl sites for hydroxylation is 4. The van der Waals surface area contributed by atoms with Gasteiger partial charge in [-0.25, -0.2) is 4.98 Å². The topological polar surface area (TPSA) is 38.1 Å². The molecular formula is C21H27N3O. The second-order valence-corrected chi connectivity index (χ2v) is 7.66. The standard InChI is InChI=1S/C21H27N3O/c1-15-13-23(2)21(22-15)19-7-4-10-24(14-19)20(25)12-16-8-9-17-5-3-6-18(17)11-16/h8-9,11,13,19H,3-7,10,12,14H2,1-2H3/t19-/m1/s1. The van der Waals surface area contributed by atoms with Crippen LogP contribution >= 0.6 is 0 Å². The van der Waals surface area contributed by atoms with Crippen LogP contribution < -0.4 is 0 Å². The minimum atomic E-state index is 0.258. The van der Waals surface area contributed by atoms with E-state index in [0.29, 0.717) is 12.3 Å². The van der Waals surface area contributed by atoms with Crippen molar-refractivity contribution in [3.05, 3.63) is 52.6 Å². The number of fused-ring (bicyclic) bond motifs is 1. The average Bonchev–Trinajstić information content (AvgIpc) is 3.20. The zero-order valence-electron chi connectivity index (χ0n) is 15.3. The van der Waals surface area contributed by atoms with Crippen LogP contribution in [0.5, 0.6) is 0 Å². The van der Waals surface area contributed by atoms with E-state index in [2.05, 4.69) is 41.0 Å². The van der Waals surface area contributed by atoms with Crippen molar-refractivity contribution in [3.63, 3.8) is 0 Å². The predicted octanol–water partition coefficient (Wildman–Crippen LogP) is 3.17. The van der Waals surface area contributed by atoms with Crippen molar-refractivity contribution < 1.29 is 4.79 Å². The summed E-state index contributed by atoms with van der Waals surface area (Å²) in [5.74, 6) is 1.73. The first-order valence-electron chi connectivity index (χ1n) is 9.48. The SMILES string of the molecule is Cc1cn(C)c([C@@H]2CCCN(C(=O)Cc3ccc4c(c3)CCC4)C2)n1. The number of benzene rings is 1. The van der Waals surface area contributed by atoms with Crippen LogP contribution in [0.1, 0.15) is 53.4 Å². The Morgan fingerprint density at radius 3 is 2.88 bits per heavy atom. The minimum absolute atomic E-state index is 0.258. The highest BCUT2D eigenvalue weighted by Gasteiger charge is 2.27. The van der Waals surface area contributed by atoms with E-state index >= 15 is 0 Å². The molecule has 1 aliphatic heterocycles. The van der Waals surface area contributed by atoms with Crippen LogP contribution in [0.4, 0.5) is 0 Å². The van der Waals surface area contributed by atoms with Crippen LogP contribution in [0, 0.1) is 6.92 Å². The number of rotatable bonds is 3. The van der Waals surface area contributed by atoms with Crippen molar-refractivity contribution in [2.75, 3.05) is 13.1 Å². The van der Waals surface area contributed by atoms with Crippen molar-refractivity contribution >= 4 is 5.91 Å². The van der Waals surface area contributed by atoms with Crippen molar-refractivity contribution in [1.82, 2.24) is 14.5 Å². The zero-order chi connectivity index (χ0) is 17.4. The van der Waals surface area contributed by atoms with E-state index in [-0.39, 0.29) is 5.91 Å². The number of amides is 1. The van der Waals surface area contributed by atoms with Gasteiger partial charge in [0.15, 0.2) is 0 Å². The molecule has 0 spiro atoms. The lowest BCUT2D eigenvalue weighted by atomic mass is 9.96. The molecule has 1 aliphatic carbocycles. The van der Waals surface area contributed by atoms with Gasteiger partial charge >= 0.3 is 0 Å². The average molecular weight is 337 g/mol. The number of hydrogen-bond acceptors (Lipinski definition) is 2. The lowest BCUT2D eigenvalue weighted by molar-refractivity contribution is -0.131. The van der Waals surface area contributed by atoms with Gasteiger partial charge in [-0.05, 0) is 55.7 Å². The second-order valence-electron chi connectivity index (χ2n) is 7.66. The zero-order valence-corrected chi connectivity index (χ0v) is 15.3. The van der Waals surface area contributed by atoms with E-state index in [4.69, 9.17) is 0 Å². The summed E-state index contributed by atoms with van der Waals surface area (Å²) >= 11 is 0. The molecule has 0 saturated carbocycles. The van der Waals surface area contributed by atoms with Crippen LogP contribution in [-0.2, 0) is 31.1 Å². The Labute approximate surface area is 149 Å². The fourth-order valence-electron chi connectivity index (χ4n) is 4.45. The number of carbonyl (C=O) groups excluding carboxylic acids is 1. The van der Waals surface area contributed by atoms with Crippen molar-refractivity contribution in [3.8, 4) is 0 Å². The minimum Gasteiger partial charge on any atom is -0.342 e. The third-order valence-electron chi connectivity index (χ3n) is 5.69. The number of hydrogen-bond donors (Lipinski definition) is 0. The summed E-state index contributed by atoms with van der Waals surface area (Å²) in [7, 11) is 2.06. The van der Waals surface area contributed by atoms with Crippen molar-refractivity contribution in [2.45, 2.75) is 51.4 Å². The molecule has 132 valence electrons. The number of carbonyl (C=O) groups is 1. The molecule has 1 amide bonds. The largest absolute Gasteiger partial charge is 0.342 e. The highest BCUT2D eigenvalue weighted by Crippen LogP contribution is 2.27. The fraction of sp³-hybridized carbons (Fsp3) is 0.524. The van der Waals surface area contributed by atoms with Gasteiger partial charge < -0.3 is 9.47 Å². The molecule has 1 saturated heterocycles. The van der Waals surface area contributed by atoms with Crippen LogP contribution in [0.15, 0.2) is 24.4 Å². The predicted molar refractivity (Wildman–Crippen MR) is 98.7 cm³/mol. The van der Waals surface area contributed by atoms with Gasteiger partial charge in [0.25, 0.3) is 0 Å². The molecule has 0 radical (unpaired) electrons. The third-order valence-corrected chi connectivity index (χ3v) is 5.69. The van der Waals surface area contributed by atoms with Crippen LogP contribution in [0.25, 0.3) is 0 Å². The van der Waals surface area contributed by atoms with Gasteiger partial charge in [0.2, 0.25) is 5.91 Å². The van der Waals surface area contributed by atoms with Gasteiger partial charge in [-0.2, -0.15) is 0 Å². The van der Waals surface area contributed by atoms with E-state index in [1.54, 1.807) is 0 Å². The normalized spacial score (nSPS) is 19.9. The van der Waals surface area contributed by atoms with Gasteiger partial charge in [-0.15, -0.1) is 0 Å². The molecule has 0 N–H and O–H groups in total. The Kier molecular flexibility index (Phi) is 4.36. The molecule has 4 heteroatoms. The van der Waals surface area contributed by atoms with Crippen LogP contribution in [-0.4, -0.2) is 33.4 Å². The quantitative estimate of drug-likeness (QED) is 0.863. The van der Waals surface area contributed by atoms with Crippen LogP contribution in [0.2, 0.25) is 0 Å². The first-order valence-corrected chi connectivity index (χ1v) is 9.48. The Bertz CT molecular complexity index is 792. The summed E-state index contributed by atoms with van der Waals surface area (Å²) in [6.45, 7) is 3.71. The van der Waals surface area contributed by atoms with Gasteiger partial charge in [-0.3, -0.25) is 4.79 Å². The summed E-state index contributed by atoms with van der Waals surface area (Å²) in [6, 6.07) is 6.62. The molecule has 1 aromatic heterocycles. The summed E-state index contributed by atoms with van der Waals surface area (Å²) < 4.78 is 2.12. The van der Waals surface area contributed by atoms with E-state index < -0.39 is 0 Å².